The standard InChI is InChI=1S/C14H13N3O2/c18-7-5-15-14(19)10-3-4-13-12(8-10)16-9-11-2-1-6-17(11)13/h1-4,6,8-9,18H,5,7H2,(H,15,19). The summed E-state index contributed by atoms with van der Waals surface area (Å²) in [5.74, 6) is -0.203. The summed E-state index contributed by atoms with van der Waals surface area (Å²) in [5.41, 5.74) is 3.28. The Hall–Kier alpha value is -2.40. The normalized spacial score (nSPS) is 11.0. The summed E-state index contributed by atoms with van der Waals surface area (Å²) in [7, 11) is 0. The minimum Gasteiger partial charge on any atom is -0.395 e. The van der Waals surface area contributed by atoms with Crippen molar-refractivity contribution >= 4 is 22.5 Å². The van der Waals surface area contributed by atoms with Gasteiger partial charge in [-0.05, 0) is 30.3 Å². The summed E-state index contributed by atoms with van der Waals surface area (Å²) in [5, 5.41) is 11.3. The minimum absolute atomic E-state index is 0.0679. The molecule has 0 radical (unpaired) electrons. The molecule has 0 unspecified atom stereocenters. The van der Waals surface area contributed by atoms with Crippen molar-refractivity contribution in [3.8, 4) is 0 Å². The first kappa shape index (κ1) is 11.7. The molecule has 0 saturated carbocycles. The Morgan fingerprint density at radius 1 is 1.37 bits per heavy atom. The van der Waals surface area contributed by atoms with E-state index in [9.17, 15) is 4.79 Å². The lowest BCUT2D eigenvalue weighted by Crippen LogP contribution is -2.26. The number of aliphatic hydroxyl groups excluding tert-OH is 1. The molecule has 0 aliphatic rings. The molecule has 2 N–H and O–H groups in total. The lowest BCUT2D eigenvalue weighted by molar-refractivity contribution is 0.0945. The summed E-state index contributed by atoms with van der Waals surface area (Å²) >= 11 is 0. The van der Waals surface area contributed by atoms with E-state index in [4.69, 9.17) is 5.11 Å². The number of nitrogens with one attached hydrogen (secondary N) is 1. The van der Waals surface area contributed by atoms with E-state index in [1.54, 1.807) is 18.3 Å². The zero-order chi connectivity index (χ0) is 13.2. The number of fused-ring (bicyclic) bond motifs is 3. The van der Waals surface area contributed by atoms with Crippen LogP contribution >= 0.6 is 0 Å². The van der Waals surface area contributed by atoms with Crippen LogP contribution in [-0.2, 0) is 0 Å². The van der Waals surface area contributed by atoms with E-state index in [-0.39, 0.29) is 19.1 Å². The molecule has 0 aliphatic carbocycles. The number of amides is 1. The lowest BCUT2D eigenvalue weighted by Gasteiger charge is -2.06. The fraction of sp³-hybridized carbons (Fsp3) is 0.143. The summed E-state index contributed by atoms with van der Waals surface area (Å²) < 4.78 is 2.03. The van der Waals surface area contributed by atoms with Crippen molar-refractivity contribution in [1.29, 1.82) is 0 Å². The molecular formula is C14H13N3O2. The van der Waals surface area contributed by atoms with Gasteiger partial charge in [0, 0.05) is 18.3 Å². The van der Waals surface area contributed by atoms with Crippen molar-refractivity contribution in [2.75, 3.05) is 13.2 Å². The van der Waals surface area contributed by atoms with Crippen LogP contribution in [0.5, 0.6) is 0 Å². The highest BCUT2D eigenvalue weighted by atomic mass is 16.3. The largest absolute Gasteiger partial charge is 0.395 e. The van der Waals surface area contributed by atoms with Crippen molar-refractivity contribution in [3.63, 3.8) is 0 Å². The van der Waals surface area contributed by atoms with Gasteiger partial charge in [-0.15, -0.1) is 0 Å². The number of carbonyl (C=O) groups excluding carboxylic acids is 1. The first-order valence-corrected chi connectivity index (χ1v) is 6.04. The summed E-state index contributed by atoms with van der Waals surface area (Å²) in [6, 6.07) is 9.33. The van der Waals surface area contributed by atoms with Crippen LogP contribution in [0, 0.1) is 0 Å². The molecule has 1 aromatic carbocycles. The van der Waals surface area contributed by atoms with E-state index in [2.05, 4.69) is 10.3 Å². The summed E-state index contributed by atoms with van der Waals surface area (Å²) in [6.07, 6.45) is 3.74. The molecule has 19 heavy (non-hydrogen) atoms. The van der Waals surface area contributed by atoms with Gasteiger partial charge < -0.3 is 14.8 Å². The zero-order valence-electron chi connectivity index (χ0n) is 10.2. The van der Waals surface area contributed by atoms with Gasteiger partial charge in [0.25, 0.3) is 5.91 Å². The second kappa shape index (κ2) is 4.70. The van der Waals surface area contributed by atoms with Crippen molar-refractivity contribution in [1.82, 2.24) is 14.7 Å². The fourth-order valence-corrected chi connectivity index (χ4v) is 2.10. The molecule has 0 saturated heterocycles. The molecule has 96 valence electrons. The van der Waals surface area contributed by atoms with Crippen LogP contribution in [0.15, 0.2) is 42.7 Å². The van der Waals surface area contributed by atoms with Crippen LogP contribution in [0.3, 0.4) is 0 Å². The number of rotatable bonds is 3. The van der Waals surface area contributed by atoms with Crippen molar-refractivity contribution in [3.05, 3.63) is 48.3 Å². The summed E-state index contributed by atoms with van der Waals surface area (Å²) in [6.45, 7) is 0.183. The van der Waals surface area contributed by atoms with Crippen LogP contribution in [0.1, 0.15) is 10.4 Å². The van der Waals surface area contributed by atoms with E-state index >= 15 is 0 Å². The van der Waals surface area contributed by atoms with Gasteiger partial charge in [0.1, 0.15) is 0 Å². The average Bonchev–Trinajstić information content (AvgIpc) is 2.92. The van der Waals surface area contributed by atoms with E-state index in [1.807, 2.05) is 28.8 Å². The van der Waals surface area contributed by atoms with Gasteiger partial charge in [-0.25, -0.2) is 0 Å². The van der Waals surface area contributed by atoms with Gasteiger partial charge in [0.15, 0.2) is 0 Å². The number of aliphatic hydroxyl groups is 1. The molecule has 5 nitrogen and oxygen atoms in total. The predicted molar refractivity (Wildman–Crippen MR) is 72.1 cm³/mol. The fourth-order valence-electron chi connectivity index (χ4n) is 2.10. The highest BCUT2D eigenvalue weighted by molar-refractivity contribution is 5.97. The van der Waals surface area contributed by atoms with Crippen molar-refractivity contribution in [2.24, 2.45) is 0 Å². The van der Waals surface area contributed by atoms with Crippen LogP contribution in [0.4, 0.5) is 0 Å². The van der Waals surface area contributed by atoms with Crippen LogP contribution in [0.25, 0.3) is 16.6 Å². The number of nitrogens with zero attached hydrogens (tertiary/aromatic N) is 2. The quantitative estimate of drug-likeness (QED) is 0.739. The Kier molecular flexibility index (Phi) is 2.89. The molecule has 3 aromatic rings. The molecule has 2 aromatic heterocycles. The maximum atomic E-state index is 11.8. The van der Waals surface area contributed by atoms with Crippen LogP contribution in [0.2, 0.25) is 0 Å². The molecular weight excluding hydrogens is 242 g/mol. The van der Waals surface area contributed by atoms with E-state index < -0.39 is 0 Å². The number of aromatic nitrogens is 2. The third kappa shape index (κ3) is 2.04. The topological polar surface area (TPSA) is 66.6 Å². The molecule has 3 rings (SSSR count). The lowest BCUT2D eigenvalue weighted by atomic mass is 10.2. The van der Waals surface area contributed by atoms with E-state index in [0.717, 1.165) is 16.6 Å². The number of benzene rings is 1. The van der Waals surface area contributed by atoms with E-state index in [0.29, 0.717) is 5.56 Å². The average molecular weight is 255 g/mol. The monoisotopic (exact) mass is 255 g/mol. The maximum Gasteiger partial charge on any atom is 0.251 e. The van der Waals surface area contributed by atoms with Crippen molar-refractivity contribution in [2.45, 2.75) is 0 Å². The Labute approximate surface area is 109 Å². The predicted octanol–water partition coefficient (Wildman–Crippen LogP) is 1.21. The highest BCUT2D eigenvalue weighted by Gasteiger charge is 2.07. The molecule has 0 spiro atoms. The SMILES string of the molecule is O=C(NCCO)c1ccc2c(c1)ncc1cccn12. The van der Waals surface area contributed by atoms with Crippen molar-refractivity contribution < 1.29 is 9.90 Å². The van der Waals surface area contributed by atoms with Gasteiger partial charge in [-0.3, -0.25) is 9.78 Å². The summed E-state index contributed by atoms with van der Waals surface area (Å²) in [4.78, 5) is 16.2. The Bertz CT molecular complexity index is 749. The van der Waals surface area contributed by atoms with Gasteiger partial charge in [-0.1, -0.05) is 0 Å². The molecule has 5 heteroatoms. The second-order valence-electron chi connectivity index (χ2n) is 4.24. The molecule has 0 atom stereocenters. The van der Waals surface area contributed by atoms with Gasteiger partial charge in [0.2, 0.25) is 0 Å². The molecule has 2 heterocycles. The number of hydrogen-bond donors (Lipinski definition) is 2. The highest BCUT2D eigenvalue weighted by Crippen LogP contribution is 2.16. The number of hydrogen-bond acceptors (Lipinski definition) is 3. The van der Waals surface area contributed by atoms with E-state index in [1.165, 1.54) is 0 Å². The van der Waals surface area contributed by atoms with Gasteiger partial charge >= 0.3 is 0 Å². The zero-order valence-corrected chi connectivity index (χ0v) is 10.2. The first-order chi connectivity index (χ1) is 9.29. The Morgan fingerprint density at radius 3 is 3.11 bits per heavy atom. The molecule has 0 aliphatic heterocycles. The Morgan fingerprint density at radius 2 is 2.26 bits per heavy atom. The molecule has 1 amide bonds. The van der Waals surface area contributed by atoms with Gasteiger partial charge in [-0.2, -0.15) is 0 Å². The smallest absolute Gasteiger partial charge is 0.251 e. The third-order valence-corrected chi connectivity index (χ3v) is 3.01. The maximum absolute atomic E-state index is 11.8. The third-order valence-electron chi connectivity index (χ3n) is 3.01. The van der Waals surface area contributed by atoms with Crippen LogP contribution in [-0.4, -0.2) is 33.6 Å². The second-order valence-corrected chi connectivity index (χ2v) is 4.24. The first-order valence-electron chi connectivity index (χ1n) is 6.04. The number of carbonyl (C=O) groups is 1. The Balaban J connectivity index is 2.06. The van der Waals surface area contributed by atoms with Gasteiger partial charge in [0.05, 0.1) is 29.4 Å². The molecule has 0 bridgehead atoms. The van der Waals surface area contributed by atoms with Crippen LogP contribution < -0.4 is 5.32 Å². The molecule has 0 fully saturated rings. The minimum atomic E-state index is -0.203.